The van der Waals surface area contributed by atoms with E-state index in [1.54, 1.807) is 0 Å². The molecule has 0 amide bonds. The lowest BCUT2D eigenvalue weighted by atomic mass is 10.3. The maximum Gasteiger partial charge on any atom is 0.228 e. The summed E-state index contributed by atoms with van der Waals surface area (Å²) in [6.45, 7) is 0. The van der Waals surface area contributed by atoms with Gasteiger partial charge in [-0.1, -0.05) is 0 Å². The third kappa shape index (κ3) is 1.67. The highest BCUT2D eigenvalue weighted by Crippen LogP contribution is 2.29. The molecule has 0 saturated heterocycles. The van der Waals surface area contributed by atoms with Gasteiger partial charge in [0.25, 0.3) is 0 Å². The molecule has 64 valence electrons. The van der Waals surface area contributed by atoms with Gasteiger partial charge in [0.15, 0.2) is 6.29 Å². The lowest BCUT2D eigenvalue weighted by molar-refractivity contribution is 0.112. The van der Waals surface area contributed by atoms with Crippen LogP contribution in [0, 0.1) is 0 Å². The molecule has 0 fully saturated rings. The van der Waals surface area contributed by atoms with E-state index in [0.717, 1.165) is 6.29 Å². The second-order valence-electron chi connectivity index (χ2n) is 1.96. The van der Waals surface area contributed by atoms with Crippen molar-refractivity contribution < 1.29 is 9.53 Å². The van der Waals surface area contributed by atoms with Crippen LogP contribution in [-0.2, 0) is 0 Å². The largest absolute Gasteiger partial charge is 0.480 e. The van der Waals surface area contributed by atoms with Crippen LogP contribution in [-0.4, -0.2) is 18.4 Å². The number of hydrogen-bond acceptors (Lipinski definition) is 3. The van der Waals surface area contributed by atoms with Gasteiger partial charge in [-0.3, -0.25) is 4.79 Å². The molecule has 0 spiro atoms. The summed E-state index contributed by atoms with van der Waals surface area (Å²) < 4.78 is 6.11. The Morgan fingerprint density at radius 2 is 2.25 bits per heavy atom. The molecule has 0 aliphatic heterocycles. The summed E-state index contributed by atoms with van der Waals surface area (Å²) in [6.07, 6.45) is 2.26. The molecule has 1 rings (SSSR count). The van der Waals surface area contributed by atoms with Crippen LogP contribution in [0.15, 0.2) is 15.1 Å². The van der Waals surface area contributed by atoms with Crippen LogP contribution >= 0.6 is 31.9 Å². The summed E-state index contributed by atoms with van der Waals surface area (Å²) in [4.78, 5) is 14.5. The number of carbonyl (C=O) groups is 1. The maximum absolute atomic E-state index is 10.6. The van der Waals surface area contributed by atoms with Crippen molar-refractivity contribution in [2.45, 2.75) is 0 Å². The molecular weight excluding hydrogens is 290 g/mol. The first kappa shape index (κ1) is 9.67. The Labute approximate surface area is 86.4 Å². The smallest absolute Gasteiger partial charge is 0.228 e. The van der Waals surface area contributed by atoms with Crippen molar-refractivity contribution in [1.29, 1.82) is 0 Å². The van der Waals surface area contributed by atoms with E-state index in [4.69, 9.17) is 4.74 Å². The van der Waals surface area contributed by atoms with Gasteiger partial charge in [0, 0.05) is 16.2 Å². The molecule has 0 atom stereocenters. The number of pyridine rings is 1. The molecule has 1 aromatic heterocycles. The first-order valence-corrected chi connectivity index (χ1v) is 4.62. The van der Waals surface area contributed by atoms with Crippen molar-refractivity contribution >= 4 is 38.1 Å². The van der Waals surface area contributed by atoms with E-state index in [1.165, 1.54) is 13.3 Å². The zero-order chi connectivity index (χ0) is 9.14. The lowest BCUT2D eigenvalue weighted by Gasteiger charge is -2.04. The van der Waals surface area contributed by atoms with Gasteiger partial charge < -0.3 is 4.74 Å². The number of hydrogen-bond donors (Lipinski definition) is 0. The first-order chi connectivity index (χ1) is 5.70. The van der Waals surface area contributed by atoms with Gasteiger partial charge >= 0.3 is 0 Å². The molecule has 5 heteroatoms. The minimum atomic E-state index is 0.403. The van der Waals surface area contributed by atoms with Gasteiger partial charge in [0.05, 0.1) is 11.6 Å². The topological polar surface area (TPSA) is 39.2 Å². The van der Waals surface area contributed by atoms with E-state index in [9.17, 15) is 4.79 Å². The zero-order valence-corrected chi connectivity index (χ0v) is 9.35. The number of carbonyl (C=O) groups excluding carboxylic acids is 1. The summed E-state index contributed by atoms with van der Waals surface area (Å²) in [5.41, 5.74) is 0.502. The summed E-state index contributed by atoms with van der Waals surface area (Å²) in [5.74, 6) is 0.403. The summed E-state index contributed by atoms with van der Waals surface area (Å²) >= 11 is 6.39. The minimum Gasteiger partial charge on any atom is -0.480 e. The molecular formula is C7H5Br2NO2. The second kappa shape index (κ2) is 4.00. The first-order valence-electron chi connectivity index (χ1n) is 3.04. The quantitative estimate of drug-likeness (QED) is 0.787. The number of aldehydes is 1. The fourth-order valence-corrected chi connectivity index (χ4v) is 1.94. The number of rotatable bonds is 2. The third-order valence-corrected chi connectivity index (χ3v) is 2.69. The second-order valence-corrected chi connectivity index (χ2v) is 3.61. The Balaban J connectivity index is 3.33. The maximum atomic E-state index is 10.6. The number of nitrogens with zero attached hydrogens (tertiary/aromatic N) is 1. The number of methoxy groups -OCH3 is 1. The fourth-order valence-electron chi connectivity index (χ4n) is 0.712. The van der Waals surface area contributed by atoms with Gasteiger partial charge in [-0.05, 0) is 31.9 Å². The van der Waals surface area contributed by atoms with Crippen LogP contribution in [0.5, 0.6) is 5.88 Å². The van der Waals surface area contributed by atoms with Crippen molar-refractivity contribution in [1.82, 2.24) is 4.98 Å². The average molecular weight is 295 g/mol. The highest BCUT2D eigenvalue weighted by molar-refractivity contribution is 9.11. The van der Waals surface area contributed by atoms with E-state index >= 15 is 0 Å². The monoisotopic (exact) mass is 293 g/mol. The molecule has 0 aromatic carbocycles. The molecule has 0 aliphatic carbocycles. The van der Waals surface area contributed by atoms with Crippen molar-refractivity contribution in [2.24, 2.45) is 0 Å². The van der Waals surface area contributed by atoms with Crippen molar-refractivity contribution in [2.75, 3.05) is 7.11 Å². The predicted molar refractivity (Wildman–Crippen MR) is 51.6 cm³/mol. The summed E-state index contributed by atoms with van der Waals surface area (Å²) in [5, 5.41) is 0. The van der Waals surface area contributed by atoms with Gasteiger partial charge in [-0.15, -0.1) is 0 Å². The molecule has 1 heterocycles. The molecule has 3 nitrogen and oxygen atoms in total. The molecule has 0 N–H and O–H groups in total. The molecule has 12 heavy (non-hydrogen) atoms. The molecule has 0 saturated carbocycles. The van der Waals surface area contributed by atoms with E-state index in [1.807, 2.05) is 0 Å². The standard InChI is InChI=1S/C7H5Br2NO2/c1-12-7-6(9)4(3-11)5(8)2-10-7/h2-3H,1H3. The van der Waals surface area contributed by atoms with E-state index < -0.39 is 0 Å². The highest BCUT2D eigenvalue weighted by Gasteiger charge is 2.10. The van der Waals surface area contributed by atoms with E-state index in [2.05, 4.69) is 36.8 Å². The fraction of sp³-hybridized carbons (Fsp3) is 0.143. The number of ether oxygens (including phenoxy) is 1. The summed E-state index contributed by atoms with van der Waals surface area (Å²) in [6, 6.07) is 0. The van der Waals surface area contributed by atoms with Crippen LogP contribution in [0.1, 0.15) is 10.4 Å². The molecule has 0 radical (unpaired) electrons. The van der Waals surface area contributed by atoms with Gasteiger partial charge in [0.2, 0.25) is 5.88 Å². The highest BCUT2D eigenvalue weighted by atomic mass is 79.9. The Bertz CT molecular complexity index is 315. The van der Waals surface area contributed by atoms with Crippen molar-refractivity contribution in [3.8, 4) is 5.88 Å². The average Bonchev–Trinajstić information content (AvgIpc) is 2.06. The molecule has 0 unspecified atom stereocenters. The van der Waals surface area contributed by atoms with Gasteiger partial charge in [-0.25, -0.2) is 4.98 Å². The van der Waals surface area contributed by atoms with E-state index in [-0.39, 0.29) is 0 Å². The summed E-state index contributed by atoms with van der Waals surface area (Å²) in [7, 11) is 1.50. The van der Waals surface area contributed by atoms with E-state index in [0.29, 0.717) is 20.4 Å². The number of halogens is 2. The lowest BCUT2D eigenvalue weighted by Crippen LogP contribution is -1.93. The number of aromatic nitrogens is 1. The zero-order valence-electron chi connectivity index (χ0n) is 6.17. The van der Waals surface area contributed by atoms with Gasteiger partial charge in [0.1, 0.15) is 0 Å². The van der Waals surface area contributed by atoms with Crippen LogP contribution in [0.3, 0.4) is 0 Å². The van der Waals surface area contributed by atoms with Crippen molar-refractivity contribution in [3.63, 3.8) is 0 Å². The molecule has 0 bridgehead atoms. The normalized spacial score (nSPS) is 9.58. The molecule has 0 aliphatic rings. The van der Waals surface area contributed by atoms with Gasteiger partial charge in [-0.2, -0.15) is 0 Å². The SMILES string of the molecule is COc1ncc(Br)c(C=O)c1Br. The van der Waals surface area contributed by atoms with Crippen LogP contribution in [0.2, 0.25) is 0 Å². The Morgan fingerprint density at radius 3 is 2.75 bits per heavy atom. The Kier molecular flexibility index (Phi) is 3.22. The van der Waals surface area contributed by atoms with Crippen LogP contribution in [0.25, 0.3) is 0 Å². The third-order valence-electron chi connectivity index (χ3n) is 1.29. The van der Waals surface area contributed by atoms with Crippen LogP contribution < -0.4 is 4.74 Å². The van der Waals surface area contributed by atoms with Crippen LogP contribution in [0.4, 0.5) is 0 Å². The van der Waals surface area contributed by atoms with Crippen molar-refractivity contribution in [3.05, 3.63) is 20.7 Å². The molecule has 1 aromatic rings. The minimum absolute atomic E-state index is 0.403. The predicted octanol–water partition coefficient (Wildman–Crippen LogP) is 2.43. The Morgan fingerprint density at radius 1 is 1.58 bits per heavy atom. The Hall–Kier alpha value is -0.420.